The number of hydrogen-bond donors (Lipinski definition) is 0. The summed E-state index contributed by atoms with van der Waals surface area (Å²) in [4.78, 5) is 27.3. The summed E-state index contributed by atoms with van der Waals surface area (Å²) in [6.07, 6.45) is 1.89. The fourth-order valence-electron chi connectivity index (χ4n) is 3.67. The van der Waals surface area contributed by atoms with Gasteiger partial charge in [-0.3, -0.25) is 9.59 Å². The zero-order valence-electron chi connectivity index (χ0n) is 15.9. The zero-order valence-corrected chi connectivity index (χ0v) is 16.7. The Bertz CT molecular complexity index is 808. The number of carbonyl (C=O) groups excluding carboxylic acids is 2. The molecule has 2 aliphatic rings. The molecule has 2 fully saturated rings. The van der Waals surface area contributed by atoms with E-state index in [0.29, 0.717) is 57.0 Å². The fourth-order valence-corrected chi connectivity index (χ4v) is 5.23. The maximum Gasteiger partial charge on any atom is 0.243 e. The summed E-state index contributed by atoms with van der Waals surface area (Å²) in [5, 5.41) is 0. The van der Waals surface area contributed by atoms with E-state index in [2.05, 4.69) is 0 Å². The van der Waals surface area contributed by atoms with Crippen molar-refractivity contribution >= 4 is 22.3 Å². The molecule has 7 nitrogen and oxygen atoms in total. The summed E-state index contributed by atoms with van der Waals surface area (Å²) in [5.41, 5.74) is 2.02. The van der Waals surface area contributed by atoms with Gasteiger partial charge < -0.3 is 9.80 Å². The largest absolute Gasteiger partial charge is 0.342 e. The lowest BCUT2D eigenvalue weighted by atomic mass is 9.96. The highest BCUT2D eigenvalue weighted by atomic mass is 32.2. The summed E-state index contributed by atoms with van der Waals surface area (Å²) < 4.78 is 27.3. The van der Waals surface area contributed by atoms with Crippen molar-refractivity contribution in [3.8, 4) is 0 Å². The molecule has 0 N–H and O–H groups in total. The van der Waals surface area contributed by atoms with Gasteiger partial charge in [-0.1, -0.05) is 6.07 Å². The van der Waals surface area contributed by atoms with Gasteiger partial charge in [-0.05, 0) is 49.9 Å². The maximum absolute atomic E-state index is 12.9. The van der Waals surface area contributed by atoms with E-state index < -0.39 is 10.0 Å². The molecule has 0 unspecified atom stereocenters. The van der Waals surface area contributed by atoms with Gasteiger partial charge in [0.25, 0.3) is 0 Å². The van der Waals surface area contributed by atoms with Crippen LogP contribution in [-0.4, -0.2) is 74.1 Å². The number of nitrogens with zero attached hydrogens (tertiary/aromatic N) is 3. The normalized spacial score (nSPS) is 19.9. The van der Waals surface area contributed by atoms with Crippen LogP contribution in [0.4, 0.5) is 0 Å². The number of piperidine rings is 1. The van der Waals surface area contributed by atoms with E-state index in [9.17, 15) is 18.0 Å². The molecule has 2 aliphatic heterocycles. The predicted octanol–water partition coefficient (Wildman–Crippen LogP) is 1.00. The Hall–Kier alpha value is -1.93. The van der Waals surface area contributed by atoms with E-state index in [1.807, 2.05) is 19.9 Å². The number of hydrogen-bond acceptors (Lipinski definition) is 4. The minimum Gasteiger partial charge on any atom is -0.342 e. The van der Waals surface area contributed by atoms with Crippen LogP contribution < -0.4 is 0 Å². The highest BCUT2D eigenvalue weighted by Crippen LogP contribution is 2.26. The third-order valence-electron chi connectivity index (χ3n) is 5.69. The summed E-state index contributed by atoms with van der Waals surface area (Å²) in [7, 11) is -3.52. The van der Waals surface area contributed by atoms with Crippen molar-refractivity contribution in [2.24, 2.45) is 5.92 Å². The Labute approximate surface area is 161 Å². The molecule has 0 spiro atoms. The van der Waals surface area contributed by atoms with Crippen molar-refractivity contribution in [2.45, 2.75) is 31.6 Å². The second-order valence-corrected chi connectivity index (χ2v) is 9.33. The molecule has 2 amide bonds. The molecule has 2 heterocycles. The van der Waals surface area contributed by atoms with Crippen molar-refractivity contribution in [3.63, 3.8) is 0 Å². The van der Waals surface area contributed by atoms with E-state index in [0.717, 1.165) is 17.5 Å². The van der Waals surface area contributed by atoms with Gasteiger partial charge in [0.15, 0.2) is 0 Å². The highest BCUT2D eigenvalue weighted by Gasteiger charge is 2.34. The monoisotopic (exact) mass is 393 g/mol. The molecule has 1 aromatic carbocycles. The number of aryl methyl sites for hydroxylation is 2. The smallest absolute Gasteiger partial charge is 0.243 e. The van der Waals surface area contributed by atoms with Gasteiger partial charge in [0, 0.05) is 45.2 Å². The molecule has 0 aliphatic carbocycles. The van der Waals surface area contributed by atoms with Gasteiger partial charge in [-0.2, -0.15) is 4.31 Å². The molecular formula is C19H27N3O4S. The van der Waals surface area contributed by atoms with Crippen molar-refractivity contribution in [1.82, 2.24) is 14.1 Å². The van der Waals surface area contributed by atoms with Crippen molar-refractivity contribution in [2.75, 3.05) is 39.3 Å². The quantitative estimate of drug-likeness (QED) is 0.715. The molecule has 8 heteroatoms. The van der Waals surface area contributed by atoms with Crippen LogP contribution in [0.15, 0.2) is 23.1 Å². The lowest BCUT2D eigenvalue weighted by Gasteiger charge is -2.37. The van der Waals surface area contributed by atoms with E-state index in [4.69, 9.17) is 0 Å². The van der Waals surface area contributed by atoms with E-state index >= 15 is 0 Å². The van der Waals surface area contributed by atoms with Gasteiger partial charge >= 0.3 is 0 Å². The SMILES string of the molecule is Cc1ccc(S(=O)(=O)N2CCC(C(=O)N3CCN(C=O)CC3)CC2)cc1C. The zero-order chi connectivity index (χ0) is 19.6. The number of carbonyl (C=O) groups is 2. The topological polar surface area (TPSA) is 78.0 Å². The minimum absolute atomic E-state index is 0.0868. The first-order valence-corrected chi connectivity index (χ1v) is 10.8. The average Bonchev–Trinajstić information content (AvgIpc) is 2.69. The third kappa shape index (κ3) is 4.16. The van der Waals surface area contributed by atoms with Gasteiger partial charge in [0.2, 0.25) is 22.3 Å². The van der Waals surface area contributed by atoms with Gasteiger partial charge in [0.05, 0.1) is 4.90 Å². The van der Waals surface area contributed by atoms with Crippen LogP contribution in [0.3, 0.4) is 0 Å². The van der Waals surface area contributed by atoms with Crippen LogP contribution in [0.2, 0.25) is 0 Å². The highest BCUT2D eigenvalue weighted by molar-refractivity contribution is 7.89. The number of benzene rings is 1. The van der Waals surface area contributed by atoms with E-state index in [-0.39, 0.29) is 11.8 Å². The molecule has 148 valence electrons. The van der Waals surface area contributed by atoms with Gasteiger partial charge in [0.1, 0.15) is 0 Å². The number of rotatable bonds is 4. The lowest BCUT2D eigenvalue weighted by molar-refractivity contribution is -0.140. The number of sulfonamides is 1. The molecular weight excluding hydrogens is 366 g/mol. The molecule has 3 rings (SSSR count). The number of piperazine rings is 1. The number of amides is 2. The average molecular weight is 394 g/mol. The van der Waals surface area contributed by atoms with Crippen molar-refractivity contribution < 1.29 is 18.0 Å². The van der Waals surface area contributed by atoms with Crippen molar-refractivity contribution in [3.05, 3.63) is 29.3 Å². The summed E-state index contributed by atoms with van der Waals surface area (Å²) >= 11 is 0. The molecule has 27 heavy (non-hydrogen) atoms. The Morgan fingerprint density at radius 1 is 1.00 bits per heavy atom. The van der Waals surface area contributed by atoms with Crippen LogP contribution >= 0.6 is 0 Å². The first-order chi connectivity index (χ1) is 12.8. The first-order valence-electron chi connectivity index (χ1n) is 9.38. The van der Waals surface area contributed by atoms with Crippen LogP contribution in [0.25, 0.3) is 0 Å². The second-order valence-electron chi connectivity index (χ2n) is 7.39. The second kappa shape index (κ2) is 7.98. The molecule has 1 aromatic rings. The lowest BCUT2D eigenvalue weighted by Crippen LogP contribution is -2.51. The van der Waals surface area contributed by atoms with Crippen LogP contribution in [-0.2, 0) is 19.6 Å². The van der Waals surface area contributed by atoms with Gasteiger partial charge in [-0.25, -0.2) is 8.42 Å². The molecule has 0 atom stereocenters. The summed E-state index contributed by atoms with van der Waals surface area (Å²) in [5.74, 6) is -0.0530. The Balaban J connectivity index is 1.60. The third-order valence-corrected chi connectivity index (χ3v) is 7.59. The summed E-state index contributed by atoms with van der Waals surface area (Å²) in [6.45, 7) is 6.82. The molecule has 0 aromatic heterocycles. The molecule has 0 bridgehead atoms. The molecule has 2 saturated heterocycles. The predicted molar refractivity (Wildman–Crippen MR) is 102 cm³/mol. The van der Waals surface area contributed by atoms with Gasteiger partial charge in [-0.15, -0.1) is 0 Å². The fraction of sp³-hybridized carbons (Fsp3) is 0.579. The Morgan fingerprint density at radius 2 is 1.63 bits per heavy atom. The van der Waals surface area contributed by atoms with Crippen LogP contribution in [0.1, 0.15) is 24.0 Å². The van der Waals surface area contributed by atoms with E-state index in [1.54, 1.807) is 21.9 Å². The van der Waals surface area contributed by atoms with Crippen molar-refractivity contribution in [1.29, 1.82) is 0 Å². The maximum atomic E-state index is 12.9. The minimum atomic E-state index is -3.52. The summed E-state index contributed by atoms with van der Waals surface area (Å²) in [6, 6.07) is 5.20. The Morgan fingerprint density at radius 3 is 2.19 bits per heavy atom. The first kappa shape index (κ1) is 19.8. The Kier molecular flexibility index (Phi) is 5.86. The molecule has 0 radical (unpaired) electrons. The van der Waals surface area contributed by atoms with E-state index in [1.165, 1.54) is 4.31 Å². The van der Waals surface area contributed by atoms with Crippen LogP contribution in [0.5, 0.6) is 0 Å². The standard InChI is InChI=1S/C19H27N3O4S/c1-15-3-4-18(13-16(15)2)27(25,26)22-7-5-17(6-8-22)19(24)21-11-9-20(14-23)10-12-21/h3-4,13-14,17H,5-12H2,1-2H3. The molecule has 0 saturated carbocycles. The van der Waals surface area contributed by atoms with Crippen LogP contribution in [0, 0.1) is 19.8 Å².